The maximum Gasteiger partial charge on any atom is 0.243 e. The van der Waals surface area contributed by atoms with Crippen molar-refractivity contribution in [2.45, 2.75) is 18.4 Å². The fourth-order valence-electron chi connectivity index (χ4n) is 1.56. The molecule has 0 aromatic heterocycles. The van der Waals surface area contributed by atoms with Gasteiger partial charge in [0, 0.05) is 28.9 Å². The Labute approximate surface area is 132 Å². The summed E-state index contributed by atoms with van der Waals surface area (Å²) in [6.45, 7) is 3.14. The van der Waals surface area contributed by atoms with Gasteiger partial charge in [-0.1, -0.05) is 22.9 Å². The van der Waals surface area contributed by atoms with E-state index in [2.05, 4.69) is 26.0 Å². The van der Waals surface area contributed by atoms with Crippen LogP contribution in [0, 0.1) is 5.82 Å². The minimum Gasteiger partial charge on any atom is -0.313 e. The molecule has 0 bridgehead atoms. The third-order valence-electron chi connectivity index (χ3n) is 2.53. The summed E-state index contributed by atoms with van der Waals surface area (Å²) in [4.78, 5) is -0.319. The van der Waals surface area contributed by atoms with Gasteiger partial charge in [0.25, 0.3) is 0 Å². The number of rotatable bonds is 8. The van der Waals surface area contributed by atoms with Crippen LogP contribution in [-0.4, -0.2) is 33.5 Å². The van der Waals surface area contributed by atoms with Crippen LogP contribution < -0.4 is 10.0 Å². The molecule has 0 spiro atoms. The number of sulfonamides is 1. The molecular weight excluding hydrogens is 367 g/mol. The van der Waals surface area contributed by atoms with E-state index in [0.717, 1.165) is 0 Å². The van der Waals surface area contributed by atoms with Crippen LogP contribution in [0.4, 0.5) is 4.39 Å². The molecule has 0 saturated carbocycles. The molecule has 0 amide bonds. The SMILES string of the molecule is CCNCc1cc(Br)cc(S(=O)(=O)NCCSC)c1F. The first-order valence-corrected chi connectivity index (χ1v) is 9.76. The van der Waals surface area contributed by atoms with E-state index >= 15 is 0 Å². The summed E-state index contributed by atoms with van der Waals surface area (Å²) in [5, 5.41) is 2.98. The van der Waals surface area contributed by atoms with Crippen LogP contribution in [0.15, 0.2) is 21.5 Å². The number of benzene rings is 1. The van der Waals surface area contributed by atoms with Crippen molar-refractivity contribution >= 4 is 37.7 Å². The van der Waals surface area contributed by atoms with E-state index in [4.69, 9.17) is 0 Å². The van der Waals surface area contributed by atoms with E-state index in [9.17, 15) is 12.8 Å². The molecule has 0 aliphatic carbocycles. The number of hydrogen-bond donors (Lipinski definition) is 2. The molecule has 114 valence electrons. The van der Waals surface area contributed by atoms with Gasteiger partial charge in [-0.15, -0.1) is 0 Å². The predicted molar refractivity (Wildman–Crippen MR) is 85.1 cm³/mol. The van der Waals surface area contributed by atoms with Gasteiger partial charge in [0.15, 0.2) is 0 Å². The predicted octanol–water partition coefficient (Wildman–Crippen LogP) is 2.34. The second-order valence-corrected chi connectivity index (χ2v) is 7.68. The van der Waals surface area contributed by atoms with Crippen molar-refractivity contribution in [1.82, 2.24) is 10.0 Å². The molecule has 0 heterocycles. The van der Waals surface area contributed by atoms with E-state index in [0.29, 0.717) is 22.3 Å². The highest BCUT2D eigenvalue weighted by atomic mass is 79.9. The highest BCUT2D eigenvalue weighted by Gasteiger charge is 2.21. The smallest absolute Gasteiger partial charge is 0.243 e. The summed E-state index contributed by atoms with van der Waals surface area (Å²) >= 11 is 4.74. The number of nitrogens with one attached hydrogen (secondary N) is 2. The van der Waals surface area contributed by atoms with Gasteiger partial charge in [0.05, 0.1) is 0 Å². The van der Waals surface area contributed by atoms with Crippen LogP contribution in [0.2, 0.25) is 0 Å². The van der Waals surface area contributed by atoms with E-state index in [1.807, 2.05) is 13.2 Å². The first-order valence-electron chi connectivity index (χ1n) is 6.09. The second kappa shape index (κ2) is 8.33. The largest absolute Gasteiger partial charge is 0.313 e. The average molecular weight is 385 g/mol. The van der Waals surface area contributed by atoms with Crippen LogP contribution >= 0.6 is 27.7 Å². The van der Waals surface area contributed by atoms with Crippen molar-refractivity contribution in [2.24, 2.45) is 0 Å². The zero-order valence-corrected chi connectivity index (χ0v) is 14.6. The summed E-state index contributed by atoms with van der Waals surface area (Å²) in [5.41, 5.74) is 0.325. The number of halogens is 2. The quantitative estimate of drug-likeness (QED) is 0.675. The first kappa shape index (κ1) is 17.9. The molecule has 0 aliphatic rings. The van der Waals surface area contributed by atoms with Crippen molar-refractivity contribution in [3.8, 4) is 0 Å². The molecule has 0 aliphatic heterocycles. The van der Waals surface area contributed by atoms with Gasteiger partial charge in [0.2, 0.25) is 10.0 Å². The van der Waals surface area contributed by atoms with E-state index in [1.54, 1.807) is 6.07 Å². The molecule has 0 saturated heterocycles. The van der Waals surface area contributed by atoms with Crippen LogP contribution in [0.3, 0.4) is 0 Å². The molecule has 1 aromatic carbocycles. The zero-order chi connectivity index (χ0) is 15.2. The number of thioether (sulfide) groups is 1. The van der Waals surface area contributed by atoms with Crippen molar-refractivity contribution in [2.75, 3.05) is 25.1 Å². The van der Waals surface area contributed by atoms with Crippen LogP contribution in [0.1, 0.15) is 12.5 Å². The lowest BCUT2D eigenvalue weighted by atomic mass is 10.2. The van der Waals surface area contributed by atoms with Crippen LogP contribution in [0.5, 0.6) is 0 Å². The summed E-state index contributed by atoms with van der Waals surface area (Å²) < 4.78 is 41.4. The Balaban J connectivity index is 3.07. The molecule has 1 rings (SSSR count). The maximum absolute atomic E-state index is 14.3. The standard InChI is InChI=1S/C12H18BrFN2O2S2/c1-3-15-8-9-6-10(13)7-11(12(9)14)20(17,18)16-4-5-19-2/h6-7,15-16H,3-5,8H2,1-2H3. The van der Waals surface area contributed by atoms with Crippen molar-refractivity contribution in [3.05, 3.63) is 28.0 Å². The summed E-state index contributed by atoms with van der Waals surface area (Å²) in [7, 11) is -3.83. The van der Waals surface area contributed by atoms with Gasteiger partial charge in [-0.25, -0.2) is 17.5 Å². The third-order valence-corrected chi connectivity index (χ3v) is 5.06. The van der Waals surface area contributed by atoms with Crippen molar-refractivity contribution < 1.29 is 12.8 Å². The fourth-order valence-corrected chi connectivity index (χ4v) is 3.83. The highest BCUT2D eigenvalue weighted by Crippen LogP contribution is 2.24. The van der Waals surface area contributed by atoms with E-state index in [1.165, 1.54) is 17.8 Å². The Morgan fingerprint density at radius 1 is 1.40 bits per heavy atom. The molecule has 20 heavy (non-hydrogen) atoms. The minimum atomic E-state index is -3.83. The molecule has 2 N–H and O–H groups in total. The molecule has 8 heteroatoms. The van der Waals surface area contributed by atoms with Crippen molar-refractivity contribution in [1.29, 1.82) is 0 Å². The second-order valence-electron chi connectivity index (χ2n) is 4.05. The lowest BCUT2D eigenvalue weighted by molar-refractivity contribution is 0.544. The number of hydrogen-bond acceptors (Lipinski definition) is 4. The van der Waals surface area contributed by atoms with Gasteiger partial charge in [0.1, 0.15) is 10.7 Å². The Morgan fingerprint density at radius 3 is 2.70 bits per heavy atom. The third kappa shape index (κ3) is 5.00. The maximum atomic E-state index is 14.3. The van der Waals surface area contributed by atoms with Crippen LogP contribution in [0.25, 0.3) is 0 Å². The lowest BCUT2D eigenvalue weighted by Crippen LogP contribution is -2.27. The molecule has 0 unspecified atom stereocenters. The molecule has 0 atom stereocenters. The van der Waals surface area contributed by atoms with E-state index < -0.39 is 15.8 Å². The van der Waals surface area contributed by atoms with Gasteiger partial charge < -0.3 is 5.32 Å². The van der Waals surface area contributed by atoms with Crippen LogP contribution in [-0.2, 0) is 16.6 Å². The van der Waals surface area contributed by atoms with Gasteiger partial charge >= 0.3 is 0 Å². The molecule has 0 radical (unpaired) electrons. The summed E-state index contributed by atoms with van der Waals surface area (Å²) in [5.74, 6) is -0.0650. The molecule has 4 nitrogen and oxygen atoms in total. The normalized spacial score (nSPS) is 11.8. The Kier molecular flexibility index (Phi) is 7.46. The van der Waals surface area contributed by atoms with Gasteiger partial charge in [-0.3, -0.25) is 0 Å². The highest BCUT2D eigenvalue weighted by molar-refractivity contribution is 9.10. The van der Waals surface area contributed by atoms with Gasteiger partial charge in [-0.05, 0) is 24.9 Å². The Morgan fingerprint density at radius 2 is 2.10 bits per heavy atom. The minimum absolute atomic E-state index is 0.276. The first-order chi connectivity index (χ1) is 9.42. The zero-order valence-electron chi connectivity index (χ0n) is 11.4. The Hall–Kier alpha value is -0.150. The van der Waals surface area contributed by atoms with Crippen molar-refractivity contribution in [3.63, 3.8) is 0 Å². The summed E-state index contributed by atoms with van der Waals surface area (Å²) in [6.07, 6.45) is 1.88. The lowest BCUT2D eigenvalue weighted by Gasteiger charge is -2.11. The van der Waals surface area contributed by atoms with E-state index in [-0.39, 0.29) is 18.0 Å². The fraction of sp³-hybridized carbons (Fsp3) is 0.500. The molecule has 1 aromatic rings. The molecular formula is C12H18BrFN2O2S2. The average Bonchev–Trinajstić information content (AvgIpc) is 2.39. The summed E-state index contributed by atoms with van der Waals surface area (Å²) in [6, 6.07) is 2.87. The molecule has 0 fully saturated rings. The topological polar surface area (TPSA) is 58.2 Å². The monoisotopic (exact) mass is 384 g/mol. The Bertz CT molecular complexity index is 553. The van der Waals surface area contributed by atoms with Gasteiger partial charge in [-0.2, -0.15) is 11.8 Å².